The molecule has 0 radical (unpaired) electrons. The van der Waals surface area contributed by atoms with Gasteiger partial charge in [0.15, 0.2) is 0 Å². The third-order valence-electron chi connectivity index (χ3n) is 2.88. The van der Waals surface area contributed by atoms with Gasteiger partial charge in [-0.05, 0) is 41.8 Å². The van der Waals surface area contributed by atoms with Gasteiger partial charge in [-0.15, -0.1) is 11.3 Å². The summed E-state index contributed by atoms with van der Waals surface area (Å²) in [6.45, 7) is 0. The molecule has 0 N–H and O–H groups in total. The lowest BCUT2D eigenvalue weighted by molar-refractivity contribution is 0.0945. The van der Waals surface area contributed by atoms with Crippen LogP contribution in [0.1, 0.15) is 20.9 Å². The minimum absolute atomic E-state index is 0.239. The Balaban J connectivity index is 1.82. The average Bonchev–Trinajstić information content (AvgIpc) is 3.16. The summed E-state index contributed by atoms with van der Waals surface area (Å²) in [6.07, 6.45) is 5.49. The zero-order valence-electron chi connectivity index (χ0n) is 10.9. The van der Waals surface area contributed by atoms with Gasteiger partial charge in [0.25, 0.3) is 5.91 Å². The molecule has 1 aromatic carbocycles. The molecule has 0 amide bonds. The van der Waals surface area contributed by atoms with Crippen LogP contribution in [0.4, 0.5) is 0 Å². The first-order valence-corrected chi connectivity index (χ1v) is 7.56. The largest absolute Gasteiger partial charge is 0.279 e. The number of nitrogens with zero attached hydrogens (tertiary/aromatic N) is 2. The SMILES string of the molecule is O=C(c1ccccc1Cl)n1ccc(C=Cc2cccs2)n1. The Morgan fingerprint density at radius 2 is 2.00 bits per heavy atom. The van der Waals surface area contributed by atoms with Crippen molar-refractivity contribution < 1.29 is 4.79 Å². The maximum atomic E-state index is 12.3. The molecule has 0 aliphatic carbocycles. The Morgan fingerprint density at radius 3 is 2.76 bits per heavy atom. The number of benzene rings is 1. The molecule has 0 spiro atoms. The zero-order chi connectivity index (χ0) is 14.7. The van der Waals surface area contributed by atoms with E-state index in [0.29, 0.717) is 10.6 Å². The molecular weight excluding hydrogens is 304 g/mol. The van der Waals surface area contributed by atoms with Gasteiger partial charge in [-0.2, -0.15) is 5.10 Å². The molecule has 0 fully saturated rings. The smallest absolute Gasteiger partial charge is 0.267 e. The van der Waals surface area contributed by atoms with Crippen LogP contribution in [0.3, 0.4) is 0 Å². The minimum Gasteiger partial charge on any atom is -0.267 e. The van der Waals surface area contributed by atoms with Crippen molar-refractivity contribution in [3.05, 3.63) is 75.2 Å². The van der Waals surface area contributed by atoms with Gasteiger partial charge in [0.1, 0.15) is 0 Å². The molecule has 0 bridgehead atoms. The van der Waals surface area contributed by atoms with Crippen molar-refractivity contribution >= 4 is 41.0 Å². The van der Waals surface area contributed by atoms with Crippen LogP contribution in [0, 0.1) is 0 Å². The maximum Gasteiger partial charge on any atom is 0.279 e. The summed E-state index contributed by atoms with van der Waals surface area (Å²) in [6, 6.07) is 12.7. The zero-order valence-corrected chi connectivity index (χ0v) is 12.5. The van der Waals surface area contributed by atoms with Gasteiger partial charge in [0.05, 0.1) is 16.3 Å². The van der Waals surface area contributed by atoms with E-state index in [0.717, 1.165) is 10.6 Å². The first-order chi connectivity index (χ1) is 10.2. The van der Waals surface area contributed by atoms with Gasteiger partial charge in [-0.1, -0.05) is 29.8 Å². The van der Waals surface area contributed by atoms with E-state index in [-0.39, 0.29) is 5.91 Å². The molecule has 21 heavy (non-hydrogen) atoms. The lowest BCUT2D eigenvalue weighted by atomic mass is 10.2. The van der Waals surface area contributed by atoms with Crippen LogP contribution in [-0.4, -0.2) is 15.7 Å². The molecule has 2 aromatic heterocycles. The van der Waals surface area contributed by atoms with E-state index in [4.69, 9.17) is 11.6 Å². The topological polar surface area (TPSA) is 34.9 Å². The molecule has 0 aliphatic rings. The van der Waals surface area contributed by atoms with Crippen molar-refractivity contribution in [2.75, 3.05) is 0 Å². The summed E-state index contributed by atoms with van der Waals surface area (Å²) >= 11 is 7.68. The lowest BCUT2D eigenvalue weighted by Crippen LogP contribution is -2.13. The molecule has 0 atom stereocenters. The van der Waals surface area contributed by atoms with Crippen LogP contribution in [0.5, 0.6) is 0 Å². The number of hydrogen-bond donors (Lipinski definition) is 0. The van der Waals surface area contributed by atoms with Gasteiger partial charge in [-0.3, -0.25) is 4.79 Å². The molecule has 3 aromatic rings. The summed E-state index contributed by atoms with van der Waals surface area (Å²) in [5.41, 5.74) is 1.17. The lowest BCUT2D eigenvalue weighted by Gasteiger charge is -2.02. The Labute approximate surface area is 131 Å². The van der Waals surface area contributed by atoms with Crippen molar-refractivity contribution in [2.24, 2.45) is 0 Å². The van der Waals surface area contributed by atoms with Crippen LogP contribution in [0.15, 0.2) is 54.0 Å². The third-order valence-corrected chi connectivity index (χ3v) is 4.05. The minimum atomic E-state index is -0.239. The number of rotatable bonds is 3. The monoisotopic (exact) mass is 314 g/mol. The van der Waals surface area contributed by atoms with Crippen LogP contribution in [0.25, 0.3) is 12.2 Å². The maximum absolute atomic E-state index is 12.3. The van der Waals surface area contributed by atoms with Gasteiger partial charge in [0.2, 0.25) is 0 Å². The van der Waals surface area contributed by atoms with Crippen molar-refractivity contribution in [3.63, 3.8) is 0 Å². The predicted molar refractivity (Wildman–Crippen MR) is 86.7 cm³/mol. The van der Waals surface area contributed by atoms with Crippen LogP contribution >= 0.6 is 22.9 Å². The quantitative estimate of drug-likeness (QED) is 0.715. The second-order valence-corrected chi connectivity index (χ2v) is 5.71. The normalized spacial score (nSPS) is 11.1. The highest BCUT2D eigenvalue weighted by atomic mass is 35.5. The highest BCUT2D eigenvalue weighted by Crippen LogP contribution is 2.17. The molecule has 5 heteroatoms. The van der Waals surface area contributed by atoms with Crippen LogP contribution in [0.2, 0.25) is 5.02 Å². The Hall–Kier alpha value is -2.17. The Morgan fingerprint density at radius 1 is 1.14 bits per heavy atom. The van der Waals surface area contributed by atoms with Crippen molar-refractivity contribution in [3.8, 4) is 0 Å². The number of hydrogen-bond acceptors (Lipinski definition) is 3. The fourth-order valence-corrected chi connectivity index (χ4v) is 2.69. The first kappa shape index (κ1) is 13.8. The summed E-state index contributed by atoms with van der Waals surface area (Å²) in [4.78, 5) is 13.4. The molecule has 3 rings (SSSR count). The molecule has 0 saturated heterocycles. The highest BCUT2D eigenvalue weighted by Gasteiger charge is 2.12. The first-order valence-electron chi connectivity index (χ1n) is 6.30. The molecule has 0 unspecified atom stereocenters. The van der Waals surface area contributed by atoms with Gasteiger partial charge in [-0.25, -0.2) is 4.68 Å². The van der Waals surface area contributed by atoms with Crippen LogP contribution in [-0.2, 0) is 0 Å². The fraction of sp³-hybridized carbons (Fsp3) is 0. The van der Waals surface area contributed by atoms with E-state index in [2.05, 4.69) is 5.10 Å². The summed E-state index contributed by atoms with van der Waals surface area (Å²) < 4.78 is 1.30. The van der Waals surface area contributed by atoms with Gasteiger partial charge >= 0.3 is 0 Å². The van der Waals surface area contributed by atoms with E-state index >= 15 is 0 Å². The second kappa shape index (κ2) is 6.08. The number of aromatic nitrogens is 2. The number of carbonyl (C=O) groups excluding carboxylic acids is 1. The molecule has 104 valence electrons. The summed E-state index contributed by atoms with van der Waals surface area (Å²) in [5, 5.41) is 6.69. The predicted octanol–water partition coefficient (Wildman–Crippen LogP) is 4.46. The van der Waals surface area contributed by atoms with E-state index in [1.807, 2.05) is 29.7 Å². The third kappa shape index (κ3) is 3.12. The van der Waals surface area contributed by atoms with Gasteiger partial charge in [0, 0.05) is 11.1 Å². The van der Waals surface area contributed by atoms with E-state index in [1.165, 1.54) is 4.68 Å². The summed E-state index contributed by atoms with van der Waals surface area (Å²) in [7, 11) is 0. The van der Waals surface area contributed by atoms with E-state index < -0.39 is 0 Å². The van der Waals surface area contributed by atoms with E-state index in [9.17, 15) is 4.79 Å². The molecule has 0 saturated carbocycles. The molecule has 2 heterocycles. The summed E-state index contributed by atoms with van der Waals surface area (Å²) in [5.74, 6) is -0.239. The number of thiophene rings is 1. The van der Waals surface area contributed by atoms with E-state index in [1.54, 1.807) is 47.9 Å². The van der Waals surface area contributed by atoms with Crippen molar-refractivity contribution in [2.45, 2.75) is 0 Å². The van der Waals surface area contributed by atoms with Crippen LogP contribution < -0.4 is 0 Å². The molecule has 3 nitrogen and oxygen atoms in total. The average molecular weight is 315 g/mol. The standard InChI is InChI=1S/C16H11ClN2OS/c17-15-6-2-1-5-14(15)16(20)19-10-9-12(18-19)7-8-13-4-3-11-21-13/h1-11H. The second-order valence-electron chi connectivity index (χ2n) is 4.32. The number of carbonyl (C=O) groups is 1. The van der Waals surface area contributed by atoms with Gasteiger partial charge < -0.3 is 0 Å². The Bertz CT molecular complexity index is 790. The molecule has 0 aliphatic heterocycles. The number of halogens is 1. The Kier molecular flexibility index (Phi) is 3.99. The molecular formula is C16H11ClN2OS. The van der Waals surface area contributed by atoms with Crippen molar-refractivity contribution in [1.82, 2.24) is 9.78 Å². The fourth-order valence-electron chi connectivity index (χ4n) is 1.85. The van der Waals surface area contributed by atoms with Crippen molar-refractivity contribution in [1.29, 1.82) is 0 Å². The highest BCUT2D eigenvalue weighted by molar-refractivity contribution is 7.10.